The highest BCUT2D eigenvalue weighted by molar-refractivity contribution is 8.31. The molecule has 0 saturated carbocycles. The molecule has 0 aliphatic rings. The Kier molecular flexibility index (Phi) is 7.83. The van der Waals surface area contributed by atoms with Gasteiger partial charge in [-0.25, -0.2) is 25.6 Å². The van der Waals surface area contributed by atoms with E-state index in [4.69, 9.17) is 0 Å². The zero-order chi connectivity index (χ0) is 28.4. The Labute approximate surface area is 185 Å². The summed E-state index contributed by atoms with van der Waals surface area (Å²) < 4.78 is 237. The molecular formula is C14H8F16O3S2. The third-order valence-electron chi connectivity index (χ3n) is 3.89. The standard InChI is InChI=1S/C14H8F16O3S2/c1-34(2,3-4-5(15)7(17)9(19)8(18)6(4)16)33-35(31,32)14(29,30)12(24,25)10(20,21)11(22,23)13(26,27)28/h3H2,1-2H3. The molecule has 0 N–H and O–H groups in total. The van der Waals surface area contributed by atoms with Crippen LogP contribution in [0, 0.1) is 29.1 Å². The highest BCUT2D eigenvalue weighted by Gasteiger charge is 2.90. The highest BCUT2D eigenvalue weighted by Crippen LogP contribution is 2.60. The molecule has 3 nitrogen and oxygen atoms in total. The fourth-order valence-electron chi connectivity index (χ4n) is 2.15. The topological polar surface area (TPSA) is 43.4 Å². The number of alkyl halides is 11. The van der Waals surface area contributed by atoms with E-state index in [9.17, 15) is 78.7 Å². The summed E-state index contributed by atoms with van der Waals surface area (Å²) in [6, 6.07) is 0. The Morgan fingerprint density at radius 2 is 0.943 bits per heavy atom. The number of rotatable bonds is 8. The van der Waals surface area contributed by atoms with E-state index in [0.29, 0.717) is 0 Å². The first-order chi connectivity index (χ1) is 15.1. The summed E-state index contributed by atoms with van der Waals surface area (Å²) in [5.41, 5.74) is -1.94. The normalized spacial score (nSPS) is 15.5. The molecule has 1 rings (SSSR count). The summed E-state index contributed by atoms with van der Waals surface area (Å²) >= 11 is 0. The monoisotopic (exact) mass is 592 g/mol. The predicted molar refractivity (Wildman–Crippen MR) is 85.2 cm³/mol. The van der Waals surface area contributed by atoms with Gasteiger partial charge in [-0.3, -0.25) is 0 Å². The van der Waals surface area contributed by atoms with Crippen molar-refractivity contribution in [3.63, 3.8) is 0 Å². The molecule has 0 aliphatic carbocycles. The van der Waals surface area contributed by atoms with Gasteiger partial charge in [0.15, 0.2) is 23.3 Å². The average molecular weight is 592 g/mol. The molecule has 0 aromatic heterocycles. The molecule has 0 spiro atoms. The molecule has 35 heavy (non-hydrogen) atoms. The Balaban J connectivity index is 3.52. The molecule has 0 aliphatic heterocycles. The summed E-state index contributed by atoms with van der Waals surface area (Å²) in [6.07, 6.45) is -7.14. The maximum atomic E-state index is 13.9. The smallest absolute Gasteiger partial charge is 0.215 e. The highest BCUT2D eigenvalue weighted by atomic mass is 32.3. The Hall–Kier alpha value is -1.64. The average Bonchev–Trinajstić information content (AvgIpc) is 2.65. The summed E-state index contributed by atoms with van der Waals surface area (Å²) in [5, 5.41) is -7.56. The van der Waals surface area contributed by atoms with Crippen LogP contribution in [0.15, 0.2) is 0 Å². The lowest BCUT2D eigenvalue weighted by atomic mass is 10.0. The lowest BCUT2D eigenvalue weighted by Gasteiger charge is -2.38. The van der Waals surface area contributed by atoms with Crippen molar-refractivity contribution < 1.29 is 82.3 Å². The van der Waals surface area contributed by atoms with E-state index in [1.165, 1.54) is 0 Å². The van der Waals surface area contributed by atoms with E-state index >= 15 is 0 Å². The van der Waals surface area contributed by atoms with Crippen LogP contribution in [-0.2, 0) is 19.5 Å². The Morgan fingerprint density at radius 1 is 0.600 bits per heavy atom. The summed E-state index contributed by atoms with van der Waals surface area (Å²) in [7, 11) is -12.0. The van der Waals surface area contributed by atoms with Crippen LogP contribution >= 0.6 is 10.3 Å². The van der Waals surface area contributed by atoms with E-state index in [1.54, 1.807) is 0 Å². The van der Waals surface area contributed by atoms with Crippen LogP contribution in [0.4, 0.5) is 70.2 Å². The van der Waals surface area contributed by atoms with Crippen molar-refractivity contribution in [2.75, 3.05) is 12.5 Å². The quantitative estimate of drug-likeness (QED) is 0.203. The Bertz CT molecular complexity index is 1060. The molecule has 0 heterocycles. The minimum absolute atomic E-state index is 0.222. The molecule has 0 fully saturated rings. The van der Waals surface area contributed by atoms with Gasteiger partial charge in [-0.15, -0.1) is 10.3 Å². The van der Waals surface area contributed by atoms with Gasteiger partial charge in [0.25, 0.3) is 0 Å². The number of hydrogen-bond acceptors (Lipinski definition) is 3. The van der Waals surface area contributed by atoms with E-state index < -0.39 is 90.0 Å². The lowest BCUT2D eigenvalue weighted by molar-refractivity contribution is -0.413. The largest absolute Gasteiger partial charge is 0.460 e. The van der Waals surface area contributed by atoms with Crippen molar-refractivity contribution in [2.24, 2.45) is 0 Å². The van der Waals surface area contributed by atoms with Crippen LogP contribution in [0.3, 0.4) is 0 Å². The van der Waals surface area contributed by atoms with Crippen molar-refractivity contribution in [3.05, 3.63) is 34.6 Å². The molecule has 1 aromatic carbocycles. The minimum atomic E-state index is -8.11. The molecule has 0 bridgehead atoms. The zero-order valence-corrected chi connectivity index (χ0v) is 17.9. The van der Waals surface area contributed by atoms with Gasteiger partial charge >= 0.3 is 39.3 Å². The van der Waals surface area contributed by atoms with E-state index in [0.717, 1.165) is 0 Å². The SMILES string of the molecule is CS(C)(Cc1c(F)c(F)c(F)c(F)c1F)OS(=O)(=O)C(F)(F)C(F)(F)C(F)(F)C(F)(F)C(F)(F)F. The molecule has 21 heteroatoms. The molecule has 0 amide bonds. The first-order valence-corrected chi connectivity index (χ1v) is 11.8. The maximum absolute atomic E-state index is 13.9. The van der Waals surface area contributed by atoms with E-state index in [1.807, 2.05) is 0 Å². The maximum Gasteiger partial charge on any atom is 0.460 e. The van der Waals surface area contributed by atoms with Crippen LogP contribution in [-0.4, -0.2) is 50.1 Å². The van der Waals surface area contributed by atoms with E-state index in [-0.39, 0.29) is 12.5 Å². The van der Waals surface area contributed by atoms with Crippen molar-refractivity contribution in [1.82, 2.24) is 0 Å². The third kappa shape index (κ3) is 4.86. The van der Waals surface area contributed by atoms with Gasteiger partial charge < -0.3 is 0 Å². The second-order valence-electron chi connectivity index (χ2n) is 6.89. The van der Waals surface area contributed by atoms with Crippen molar-refractivity contribution in [1.29, 1.82) is 0 Å². The zero-order valence-electron chi connectivity index (χ0n) is 16.3. The van der Waals surface area contributed by atoms with Crippen molar-refractivity contribution >= 4 is 20.4 Å². The second-order valence-corrected chi connectivity index (χ2v) is 12.0. The van der Waals surface area contributed by atoms with Crippen LogP contribution in [0.5, 0.6) is 0 Å². The van der Waals surface area contributed by atoms with Gasteiger partial charge in [-0.05, 0) is 12.5 Å². The van der Waals surface area contributed by atoms with Gasteiger partial charge in [-0.1, -0.05) is 0 Å². The first-order valence-electron chi connectivity index (χ1n) is 7.85. The van der Waals surface area contributed by atoms with Crippen LogP contribution < -0.4 is 0 Å². The number of benzene rings is 1. The minimum Gasteiger partial charge on any atom is -0.215 e. The first kappa shape index (κ1) is 31.4. The fourth-order valence-corrected chi connectivity index (χ4v) is 6.01. The molecule has 1 aromatic rings. The predicted octanol–water partition coefficient (Wildman–Crippen LogP) is 6.27. The van der Waals surface area contributed by atoms with Crippen molar-refractivity contribution in [2.45, 2.75) is 35.0 Å². The number of halogens is 16. The summed E-state index contributed by atoms with van der Waals surface area (Å²) in [4.78, 5) is 0. The summed E-state index contributed by atoms with van der Waals surface area (Å²) in [6.45, 7) is 0. The van der Waals surface area contributed by atoms with Gasteiger partial charge in [0.1, 0.15) is 0 Å². The molecule has 0 unspecified atom stereocenters. The van der Waals surface area contributed by atoms with Crippen molar-refractivity contribution in [3.8, 4) is 0 Å². The van der Waals surface area contributed by atoms with Crippen LogP contribution in [0.1, 0.15) is 5.56 Å². The fraction of sp³-hybridized carbons (Fsp3) is 0.571. The lowest BCUT2D eigenvalue weighted by Crippen LogP contribution is -2.68. The summed E-state index contributed by atoms with van der Waals surface area (Å²) in [5.74, 6) is -39.3. The molecule has 0 atom stereocenters. The van der Waals surface area contributed by atoms with E-state index in [2.05, 4.69) is 3.63 Å². The Morgan fingerprint density at radius 3 is 1.29 bits per heavy atom. The molecule has 0 radical (unpaired) electrons. The molecule has 206 valence electrons. The van der Waals surface area contributed by atoms with Crippen LogP contribution in [0.2, 0.25) is 0 Å². The van der Waals surface area contributed by atoms with Crippen LogP contribution in [0.25, 0.3) is 0 Å². The number of hydrogen-bond donors (Lipinski definition) is 0. The molecule has 0 saturated heterocycles. The van der Waals surface area contributed by atoms with Gasteiger partial charge in [0.2, 0.25) is 5.82 Å². The second kappa shape index (κ2) is 8.73. The van der Waals surface area contributed by atoms with Gasteiger partial charge in [0.05, 0.1) is 0 Å². The van der Waals surface area contributed by atoms with Gasteiger partial charge in [0, 0.05) is 11.3 Å². The third-order valence-corrected chi connectivity index (χ3v) is 7.95. The molecular weight excluding hydrogens is 584 g/mol. The van der Waals surface area contributed by atoms with Gasteiger partial charge in [-0.2, -0.15) is 56.7 Å².